The van der Waals surface area contributed by atoms with Gasteiger partial charge >= 0.3 is 0 Å². The van der Waals surface area contributed by atoms with Crippen LogP contribution in [-0.2, 0) is 11.4 Å². The summed E-state index contributed by atoms with van der Waals surface area (Å²) >= 11 is 19.3. The first-order valence-electron chi connectivity index (χ1n) is 10.9. The van der Waals surface area contributed by atoms with Gasteiger partial charge in [0.15, 0.2) is 15.8 Å². The number of benzene rings is 3. The summed E-state index contributed by atoms with van der Waals surface area (Å²) in [7, 11) is 0. The van der Waals surface area contributed by atoms with Crippen molar-refractivity contribution < 1.29 is 19.1 Å². The minimum absolute atomic E-state index is 0.230. The van der Waals surface area contributed by atoms with Crippen molar-refractivity contribution in [2.24, 2.45) is 0 Å². The lowest BCUT2D eigenvalue weighted by atomic mass is 10.1. The smallest absolute Gasteiger partial charge is 0.285 e. The van der Waals surface area contributed by atoms with Crippen LogP contribution in [0.15, 0.2) is 74.5 Å². The number of halogens is 3. The topological polar surface area (TPSA) is 67.9 Å². The number of amides is 2. The molecule has 0 saturated carbocycles. The van der Waals surface area contributed by atoms with Gasteiger partial charge in [0.05, 0.1) is 16.0 Å². The maximum atomic E-state index is 13.0. The molecule has 0 aromatic heterocycles. The molecule has 0 bridgehead atoms. The first-order valence-corrected chi connectivity index (χ1v) is 14.1. The SMILES string of the molecule is CCOc1cc(/C=C2\SC(=S)N(NC(=O)c3ccc(Br)cc3)C2=O)cc(Br)c1OCc1ccc(Cl)cc1. The average Bonchev–Trinajstić information content (AvgIpc) is 3.12. The molecule has 3 aromatic carbocycles. The third kappa shape index (κ3) is 6.94. The molecule has 0 spiro atoms. The number of nitrogens with zero attached hydrogens (tertiary/aromatic N) is 1. The van der Waals surface area contributed by atoms with Gasteiger partial charge in [0.2, 0.25) is 0 Å². The largest absolute Gasteiger partial charge is 0.490 e. The van der Waals surface area contributed by atoms with Crippen molar-refractivity contribution in [3.05, 3.63) is 96.2 Å². The number of thioether (sulfide) groups is 1. The second-order valence-electron chi connectivity index (χ2n) is 7.64. The van der Waals surface area contributed by atoms with E-state index in [0.717, 1.165) is 26.8 Å². The first-order chi connectivity index (χ1) is 17.7. The highest BCUT2D eigenvalue weighted by Crippen LogP contribution is 2.39. The fourth-order valence-corrected chi connectivity index (χ4v) is 5.44. The highest BCUT2D eigenvalue weighted by molar-refractivity contribution is 9.10. The summed E-state index contributed by atoms with van der Waals surface area (Å²) in [4.78, 5) is 26.0. The lowest BCUT2D eigenvalue weighted by molar-refractivity contribution is -0.123. The summed E-state index contributed by atoms with van der Waals surface area (Å²) in [6, 6.07) is 17.8. The molecular formula is C26H19Br2ClN2O4S2. The van der Waals surface area contributed by atoms with E-state index < -0.39 is 11.8 Å². The Labute approximate surface area is 245 Å². The van der Waals surface area contributed by atoms with Gasteiger partial charge in [0, 0.05) is 15.1 Å². The first kappa shape index (κ1) is 27.7. The lowest BCUT2D eigenvalue weighted by Crippen LogP contribution is -2.44. The van der Waals surface area contributed by atoms with E-state index in [0.29, 0.717) is 50.2 Å². The van der Waals surface area contributed by atoms with Crippen LogP contribution in [0.2, 0.25) is 5.02 Å². The van der Waals surface area contributed by atoms with E-state index in [9.17, 15) is 9.59 Å². The number of hydrogen-bond donors (Lipinski definition) is 1. The van der Waals surface area contributed by atoms with Crippen molar-refractivity contribution in [1.29, 1.82) is 0 Å². The van der Waals surface area contributed by atoms with Gasteiger partial charge in [-0.25, -0.2) is 0 Å². The Morgan fingerprint density at radius 2 is 1.81 bits per heavy atom. The Bertz CT molecular complexity index is 1380. The minimum Gasteiger partial charge on any atom is -0.490 e. The molecule has 6 nitrogen and oxygen atoms in total. The zero-order valence-corrected chi connectivity index (χ0v) is 24.9. The minimum atomic E-state index is -0.436. The van der Waals surface area contributed by atoms with Gasteiger partial charge < -0.3 is 9.47 Å². The zero-order chi connectivity index (χ0) is 26.5. The molecule has 0 atom stereocenters. The molecular weight excluding hydrogens is 664 g/mol. The molecule has 0 radical (unpaired) electrons. The summed E-state index contributed by atoms with van der Waals surface area (Å²) in [5, 5.41) is 1.74. The average molecular weight is 683 g/mol. The molecule has 0 unspecified atom stereocenters. The molecule has 1 N–H and O–H groups in total. The van der Waals surface area contributed by atoms with E-state index in [1.807, 2.05) is 25.1 Å². The second-order valence-corrected chi connectivity index (χ2v) is 11.5. The van der Waals surface area contributed by atoms with E-state index in [-0.39, 0.29) is 4.32 Å². The highest BCUT2D eigenvalue weighted by Gasteiger charge is 2.34. The van der Waals surface area contributed by atoms with Gasteiger partial charge in [-0.1, -0.05) is 51.4 Å². The van der Waals surface area contributed by atoms with Crippen molar-refractivity contribution in [1.82, 2.24) is 10.4 Å². The van der Waals surface area contributed by atoms with Gasteiger partial charge in [-0.15, -0.1) is 0 Å². The Hall–Kier alpha value is -2.37. The van der Waals surface area contributed by atoms with E-state index in [4.69, 9.17) is 33.3 Å². The number of hydrogen-bond acceptors (Lipinski definition) is 6. The van der Waals surface area contributed by atoms with Crippen LogP contribution in [0.1, 0.15) is 28.4 Å². The van der Waals surface area contributed by atoms with Gasteiger partial charge in [-0.3, -0.25) is 15.0 Å². The summed E-state index contributed by atoms with van der Waals surface area (Å²) in [5.74, 6) is 0.214. The summed E-state index contributed by atoms with van der Waals surface area (Å²) < 4.78 is 13.6. The van der Waals surface area contributed by atoms with E-state index in [1.165, 1.54) is 0 Å². The van der Waals surface area contributed by atoms with Crippen molar-refractivity contribution in [3.63, 3.8) is 0 Å². The van der Waals surface area contributed by atoms with Crippen molar-refractivity contribution >= 4 is 89.7 Å². The summed E-state index contributed by atoms with van der Waals surface area (Å²) in [6.45, 7) is 2.63. The Balaban J connectivity index is 1.52. The fraction of sp³-hybridized carbons (Fsp3) is 0.115. The second kappa shape index (κ2) is 12.4. The Morgan fingerprint density at radius 1 is 1.11 bits per heavy atom. The molecule has 1 saturated heterocycles. The summed E-state index contributed by atoms with van der Waals surface area (Å²) in [5.41, 5.74) is 4.64. The molecule has 11 heteroatoms. The molecule has 3 aromatic rings. The van der Waals surface area contributed by atoms with E-state index in [1.54, 1.807) is 48.5 Å². The third-order valence-electron chi connectivity index (χ3n) is 5.04. The van der Waals surface area contributed by atoms with Crippen molar-refractivity contribution in [2.45, 2.75) is 13.5 Å². The van der Waals surface area contributed by atoms with Gasteiger partial charge in [-0.2, -0.15) is 5.01 Å². The van der Waals surface area contributed by atoms with Gasteiger partial charge in [0.25, 0.3) is 11.8 Å². The molecule has 190 valence electrons. The number of hydrazine groups is 1. The van der Waals surface area contributed by atoms with Crippen molar-refractivity contribution in [2.75, 3.05) is 6.61 Å². The number of ether oxygens (including phenoxy) is 2. The van der Waals surface area contributed by atoms with Crippen molar-refractivity contribution in [3.8, 4) is 11.5 Å². The Kier molecular flexibility index (Phi) is 9.31. The van der Waals surface area contributed by atoms with Crippen LogP contribution in [-0.4, -0.2) is 27.8 Å². The van der Waals surface area contributed by atoms with Gasteiger partial charge in [-0.05, 0) is 101 Å². The zero-order valence-electron chi connectivity index (χ0n) is 19.3. The normalized spacial score (nSPS) is 14.3. The molecule has 2 amide bonds. The number of carbonyl (C=O) groups is 2. The molecule has 1 aliphatic heterocycles. The Morgan fingerprint density at radius 3 is 2.49 bits per heavy atom. The maximum absolute atomic E-state index is 13.0. The van der Waals surface area contributed by atoms with Crippen LogP contribution in [0.3, 0.4) is 0 Å². The number of carbonyl (C=O) groups excluding carboxylic acids is 2. The molecule has 0 aliphatic carbocycles. The standard InChI is InChI=1S/C26H19Br2ClN2O4S2/c1-2-34-21-12-16(11-20(28)23(21)35-14-15-3-9-19(29)10-4-15)13-22-25(33)31(26(36)37-22)30-24(32)17-5-7-18(27)8-6-17/h3-13H,2,14H2,1H3,(H,30,32)/b22-13-. The molecule has 1 heterocycles. The number of nitrogens with one attached hydrogen (secondary N) is 1. The van der Waals surface area contributed by atoms with Crippen LogP contribution in [0, 0.1) is 0 Å². The van der Waals surface area contributed by atoms with E-state index >= 15 is 0 Å². The maximum Gasteiger partial charge on any atom is 0.285 e. The molecule has 4 rings (SSSR count). The van der Waals surface area contributed by atoms with Crippen LogP contribution in [0.4, 0.5) is 0 Å². The predicted octanol–water partition coefficient (Wildman–Crippen LogP) is 7.39. The quantitative estimate of drug-likeness (QED) is 0.198. The predicted molar refractivity (Wildman–Crippen MR) is 158 cm³/mol. The molecule has 1 aliphatic rings. The van der Waals surface area contributed by atoms with Gasteiger partial charge in [0.1, 0.15) is 6.61 Å². The van der Waals surface area contributed by atoms with Crippen LogP contribution in [0.5, 0.6) is 11.5 Å². The van der Waals surface area contributed by atoms with Crippen LogP contribution >= 0.6 is 67.4 Å². The summed E-state index contributed by atoms with van der Waals surface area (Å²) in [6.07, 6.45) is 1.70. The van der Waals surface area contributed by atoms with E-state index in [2.05, 4.69) is 37.3 Å². The fourth-order valence-electron chi connectivity index (χ4n) is 3.29. The van der Waals surface area contributed by atoms with Crippen LogP contribution < -0.4 is 14.9 Å². The lowest BCUT2D eigenvalue weighted by Gasteiger charge is -2.16. The molecule has 37 heavy (non-hydrogen) atoms. The third-order valence-corrected chi connectivity index (χ3v) is 7.71. The number of rotatable bonds is 8. The highest BCUT2D eigenvalue weighted by atomic mass is 79.9. The number of thiocarbonyl (C=S) groups is 1. The molecule has 1 fully saturated rings. The van der Waals surface area contributed by atoms with Crippen LogP contribution in [0.25, 0.3) is 6.08 Å². The monoisotopic (exact) mass is 680 g/mol.